The number of carbonyl (C=O) groups excluding carboxylic acids is 3. The average molecular weight is 440 g/mol. The van der Waals surface area contributed by atoms with Gasteiger partial charge in [0.25, 0.3) is 0 Å². The molecule has 10 heteroatoms. The maximum Gasteiger partial charge on any atom is 0.243 e. The third kappa shape index (κ3) is 9.41. The van der Waals surface area contributed by atoms with Gasteiger partial charge in [-0.2, -0.15) is 0 Å². The summed E-state index contributed by atoms with van der Waals surface area (Å²) in [4.78, 5) is 35.4. The molecule has 2 rings (SSSR count). The maximum absolute atomic E-state index is 12.0. The second-order valence-electron chi connectivity index (χ2n) is 7.52. The number of rotatable bonds is 11. The zero-order valence-corrected chi connectivity index (χ0v) is 18.6. The van der Waals surface area contributed by atoms with Crippen molar-refractivity contribution in [3.05, 3.63) is 47.8 Å². The van der Waals surface area contributed by atoms with Crippen LogP contribution in [-0.2, 0) is 20.9 Å². The summed E-state index contributed by atoms with van der Waals surface area (Å²) in [5.74, 6) is 0.355. The molecule has 0 radical (unpaired) electrons. The van der Waals surface area contributed by atoms with Gasteiger partial charge in [0, 0.05) is 25.2 Å². The van der Waals surface area contributed by atoms with Gasteiger partial charge in [0.2, 0.25) is 23.5 Å². The van der Waals surface area contributed by atoms with Gasteiger partial charge in [-0.1, -0.05) is 44.2 Å². The predicted molar refractivity (Wildman–Crippen MR) is 119 cm³/mol. The van der Waals surface area contributed by atoms with Crippen molar-refractivity contribution in [2.24, 2.45) is 5.92 Å². The number of hydrogen-bond acceptors (Lipinski definition) is 7. The van der Waals surface area contributed by atoms with Gasteiger partial charge < -0.3 is 16.0 Å². The lowest BCUT2D eigenvalue weighted by molar-refractivity contribution is -0.129. The number of allylic oxidation sites excluding steroid dienone is 1. The summed E-state index contributed by atoms with van der Waals surface area (Å²) in [6.45, 7) is 6.82. The molecule has 0 saturated carbocycles. The van der Waals surface area contributed by atoms with Gasteiger partial charge in [-0.05, 0) is 30.9 Å². The summed E-state index contributed by atoms with van der Waals surface area (Å²) >= 11 is 0. The smallest absolute Gasteiger partial charge is 0.243 e. The summed E-state index contributed by atoms with van der Waals surface area (Å²) in [6.07, 6.45) is 3.65. The Morgan fingerprint density at radius 3 is 2.19 bits per heavy atom. The highest BCUT2D eigenvalue weighted by atomic mass is 16.2. The van der Waals surface area contributed by atoms with Gasteiger partial charge in [0.1, 0.15) is 6.42 Å². The van der Waals surface area contributed by atoms with E-state index in [1.54, 1.807) is 6.92 Å². The third-order valence-electron chi connectivity index (χ3n) is 4.21. The number of carbonyl (C=O) groups is 3. The number of amides is 3. The number of aromatic nitrogens is 4. The Labute approximate surface area is 187 Å². The van der Waals surface area contributed by atoms with Crippen LogP contribution in [0.4, 0.5) is 0 Å². The first-order valence-electron chi connectivity index (χ1n) is 10.5. The summed E-state index contributed by atoms with van der Waals surface area (Å²) in [6, 6.07) is 7.31. The zero-order chi connectivity index (χ0) is 23.3. The molecule has 10 nitrogen and oxygen atoms in total. The van der Waals surface area contributed by atoms with E-state index in [4.69, 9.17) is 0 Å². The first-order chi connectivity index (χ1) is 15.3. The van der Waals surface area contributed by atoms with Crippen molar-refractivity contribution in [1.82, 2.24) is 36.3 Å². The molecule has 0 unspecified atom stereocenters. The van der Waals surface area contributed by atoms with Crippen LogP contribution in [0.2, 0.25) is 0 Å². The highest BCUT2D eigenvalue weighted by molar-refractivity contribution is 5.96. The SMILES string of the molecule is Cc1nnc(-c2ccc(CNC(=O)CC(=O)NCCCNC(=O)C=CC(C)C)cc2)nn1. The molecule has 2 aromatic rings. The summed E-state index contributed by atoms with van der Waals surface area (Å²) in [5.41, 5.74) is 1.64. The van der Waals surface area contributed by atoms with Crippen molar-refractivity contribution in [3.63, 3.8) is 0 Å². The highest BCUT2D eigenvalue weighted by Crippen LogP contribution is 2.13. The fraction of sp³-hybridized carbons (Fsp3) is 0.409. The average Bonchev–Trinajstić information content (AvgIpc) is 2.77. The van der Waals surface area contributed by atoms with Crippen molar-refractivity contribution in [2.75, 3.05) is 13.1 Å². The topological polar surface area (TPSA) is 139 Å². The van der Waals surface area contributed by atoms with Crippen LogP contribution < -0.4 is 16.0 Å². The van der Waals surface area contributed by atoms with Gasteiger partial charge in [-0.3, -0.25) is 14.4 Å². The summed E-state index contributed by atoms with van der Waals surface area (Å²) in [7, 11) is 0. The van der Waals surface area contributed by atoms with E-state index in [0.29, 0.717) is 43.6 Å². The fourth-order valence-electron chi connectivity index (χ4n) is 2.50. The van der Waals surface area contributed by atoms with Crippen molar-refractivity contribution in [3.8, 4) is 11.4 Å². The first-order valence-corrected chi connectivity index (χ1v) is 10.5. The van der Waals surface area contributed by atoms with Crippen molar-refractivity contribution in [1.29, 1.82) is 0 Å². The zero-order valence-electron chi connectivity index (χ0n) is 18.6. The normalized spacial score (nSPS) is 10.9. The minimum Gasteiger partial charge on any atom is -0.356 e. The number of hydrogen-bond donors (Lipinski definition) is 3. The van der Waals surface area contributed by atoms with E-state index in [0.717, 1.165) is 11.1 Å². The Hall–Kier alpha value is -3.69. The lowest BCUT2D eigenvalue weighted by Gasteiger charge is -2.08. The molecule has 0 bridgehead atoms. The van der Waals surface area contributed by atoms with Crippen LogP contribution in [-0.4, -0.2) is 51.2 Å². The van der Waals surface area contributed by atoms with Crippen LogP contribution >= 0.6 is 0 Å². The molecule has 1 aromatic carbocycles. The van der Waals surface area contributed by atoms with Gasteiger partial charge in [-0.25, -0.2) is 0 Å². The molecule has 0 spiro atoms. The van der Waals surface area contributed by atoms with Gasteiger partial charge in [0.15, 0.2) is 5.82 Å². The molecule has 170 valence electrons. The first kappa shape index (κ1) is 24.6. The molecule has 1 aromatic heterocycles. The lowest BCUT2D eigenvalue weighted by Crippen LogP contribution is -2.33. The van der Waals surface area contributed by atoms with E-state index in [-0.39, 0.29) is 24.1 Å². The van der Waals surface area contributed by atoms with Crippen LogP contribution in [0, 0.1) is 12.8 Å². The summed E-state index contributed by atoms with van der Waals surface area (Å²) in [5, 5.41) is 23.8. The Balaban J connectivity index is 1.62. The van der Waals surface area contributed by atoms with E-state index < -0.39 is 0 Å². The van der Waals surface area contributed by atoms with Crippen LogP contribution in [0.1, 0.15) is 38.1 Å². The Morgan fingerprint density at radius 1 is 0.906 bits per heavy atom. The van der Waals surface area contributed by atoms with E-state index in [1.807, 2.05) is 44.2 Å². The van der Waals surface area contributed by atoms with E-state index in [1.165, 1.54) is 6.08 Å². The molecule has 0 fully saturated rings. The Kier molecular flexibility index (Phi) is 9.89. The number of nitrogens with one attached hydrogen (secondary N) is 3. The maximum atomic E-state index is 12.0. The number of nitrogens with zero attached hydrogens (tertiary/aromatic N) is 4. The number of benzene rings is 1. The van der Waals surface area contributed by atoms with Crippen molar-refractivity contribution in [2.45, 2.75) is 40.2 Å². The Bertz CT molecular complexity index is 926. The van der Waals surface area contributed by atoms with Crippen molar-refractivity contribution < 1.29 is 14.4 Å². The monoisotopic (exact) mass is 439 g/mol. The molecular formula is C22H29N7O3. The molecule has 3 N–H and O–H groups in total. The lowest BCUT2D eigenvalue weighted by atomic mass is 10.1. The Morgan fingerprint density at radius 2 is 1.53 bits per heavy atom. The molecule has 0 aliphatic rings. The molecule has 0 aliphatic carbocycles. The second-order valence-corrected chi connectivity index (χ2v) is 7.52. The van der Waals surface area contributed by atoms with Crippen LogP contribution in [0.25, 0.3) is 11.4 Å². The number of aryl methyl sites for hydroxylation is 1. The second kappa shape index (κ2) is 12.9. The predicted octanol–water partition coefficient (Wildman–Crippen LogP) is 1.08. The standard InChI is InChI=1S/C22H29N7O3/c1-15(2)5-10-19(30)23-11-4-12-24-20(31)13-21(32)25-14-17-6-8-18(9-7-17)22-28-26-16(3)27-29-22/h5-10,15H,4,11-14H2,1-3H3,(H,23,30)(H,24,31)(H,25,32). The molecule has 3 amide bonds. The molecular weight excluding hydrogens is 410 g/mol. The minimum atomic E-state index is -0.367. The van der Waals surface area contributed by atoms with Crippen LogP contribution in [0.3, 0.4) is 0 Å². The van der Waals surface area contributed by atoms with Crippen molar-refractivity contribution >= 4 is 17.7 Å². The highest BCUT2D eigenvalue weighted by Gasteiger charge is 2.09. The van der Waals surface area contributed by atoms with Crippen LogP contribution in [0.5, 0.6) is 0 Å². The molecule has 0 saturated heterocycles. The van der Waals surface area contributed by atoms with Gasteiger partial charge in [0.05, 0.1) is 0 Å². The third-order valence-corrected chi connectivity index (χ3v) is 4.21. The molecule has 0 aliphatic heterocycles. The quantitative estimate of drug-likeness (QED) is 0.270. The van der Waals surface area contributed by atoms with E-state index >= 15 is 0 Å². The minimum absolute atomic E-state index is 0.155. The van der Waals surface area contributed by atoms with E-state index in [9.17, 15) is 14.4 Å². The fourth-order valence-corrected chi connectivity index (χ4v) is 2.50. The molecule has 0 atom stereocenters. The largest absolute Gasteiger partial charge is 0.356 e. The molecule has 32 heavy (non-hydrogen) atoms. The van der Waals surface area contributed by atoms with Gasteiger partial charge in [-0.15, -0.1) is 20.4 Å². The molecule has 1 heterocycles. The van der Waals surface area contributed by atoms with Crippen LogP contribution in [0.15, 0.2) is 36.4 Å². The summed E-state index contributed by atoms with van der Waals surface area (Å²) < 4.78 is 0. The van der Waals surface area contributed by atoms with E-state index in [2.05, 4.69) is 36.3 Å². The van der Waals surface area contributed by atoms with Gasteiger partial charge >= 0.3 is 0 Å².